The molecular weight excluding hydrogens is 312 g/mol. The number of hydrogen-bond acceptors (Lipinski definition) is 2. The first-order valence-electron chi connectivity index (χ1n) is 10.3. The van der Waals surface area contributed by atoms with Crippen molar-refractivity contribution in [3.8, 4) is 0 Å². The van der Waals surface area contributed by atoms with Crippen molar-refractivity contribution < 1.29 is 9.59 Å². The van der Waals surface area contributed by atoms with Gasteiger partial charge >= 0.3 is 0 Å². The Bertz CT molecular complexity index is 590. The molecular formula is C21H34N2O2. The van der Waals surface area contributed by atoms with Gasteiger partial charge in [0.2, 0.25) is 11.8 Å². The summed E-state index contributed by atoms with van der Waals surface area (Å²) in [5.74, 6) is 2.72. The molecule has 0 bridgehead atoms. The summed E-state index contributed by atoms with van der Waals surface area (Å²) in [6, 6.07) is 0.805. The Morgan fingerprint density at radius 3 is 2.64 bits per heavy atom. The van der Waals surface area contributed by atoms with Crippen LogP contribution in [0.15, 0.2) is 0 Å². The highest BCUT2D eigenvalue weighted by molar-refractivity contribution is 5.77. The van der Waals surface area contributed by atoms with Crippen molar-refractivity contribution in [1.82, 2.24) is 10.2 Å². The summed E-state index contributed by atoms with van der Waals surface area (Å²) in [6.07, 6.45) is 9.12. The van der Waals surface area contributed by atoms with E-state index in [1.54, 1.807) is 6.92 Å². The summed E-state index contributed by atoms with van der Waals surface area (Å²) in [5.41, 5.74) is 0.687. The van der Waals surface area contributed by atoms with Crippen LogP contribution in [0.25, 0.3) is 0 Å². The van der Waals surface area contributed by atoms with E-state index in [1.807, 2.05) is 7.05 Å². The van der Waals surface area contributed by atoms with Crippen LogP contribution < -0.4 is 5.32 Å². The first-order chi connectivity index (χ1) is 11.7. The monoisotopic (exact) mass is 346 g/mol. The summed E-state index contributed by atoms with van der Waals surface area (Å²) in [6.45, 7) is 6.59. The molecule has 1 aliphatic heterocycles. The highest BCUT2D eigenvalue weighted by Gasteiger charge is 2.60. The Balaban J connectivity index is 1.59. The zero-order chi connectivity index (χ0) is 18.0. The van der Waals surface area contributed by atoms with E-state index in [1.165, 1.54) is 19.3 Å². The van der Waals surface area contributed by atoms with E-state index >= 15 is 0 Å². The van der Waals surface area contributed by atoms with Gasteiger partial charge < -0.3 is 10.2 Å². The third-order valence-corrected chi connectivity index (χ3v) is 8.73. The lowest BCUT2D eigenvalue weighted by atomic mass is 9.47. The number of nitrogens with one attached hydrogen (secondary N) is 1. The molecule has 0 aromatic carbocycles. The van der Waals surface area contributed by atoms with E-state index in [0.29, 0.717) is 28.8 Å². The lowest BCUT2D eigenvalue weighted by Crippen LogP contribution is -2.61. The van der Waals surface area contributed by atoms with Gasteiger partial charge in [-0.15, -0.1) is 0 Å². The normalized spacial score (nSPS) is 49.2. The maximum absolute atomic E-state index is 12.2. The number of amides is 2. The van der Waals surface area contributed by atoms with Gasteiger partial charge in [0.05, 0.1) is 0 Å². The average Bonchev–Trinajstić information content (AvgIpc) is 2.86. The minimum Gasteiger partial charge on any atom is -0.354 e. The largest absolute Gasteiger partial charge is 0.354 e. The third-order valence-electron chi connectivity index (χ3n) is 8.73. The number of carbonyl (C=O) groups is 2. The van der Waals surface area contributed by atoms with Crippen molar-refractivity contribution in [2.45, 2.75) is 84.2 Å². The van der Waals surface area contributed by atoms with Crippen LogP contribution in [0, 0.1) is 28.6 Å². The molecule has 0 spiro atoms. The van der Waals surface area contributed by atoms with Gasteiger partial charge in [0.15, 0.2) is 0 Å². The first kappa shape index (κ1) is 17.4. The molecule has 5 unspecified atom stereocenters. The molecule has 4 rings (SSSR count). The molecule has 1 N–H and O–H groups in total. The highest BCUT2D eigenvalue weighted by Crippen LogP contribution is 2.64. The molecule has 2 amide bonds. The summed E-state index contributed by atoms with van der Waals surface area (Å²) in [4.78, 5) is 25.8. The van der Waals surface area contributed by atoms with Crippen LogP contribution in [0.2, 0.25) is 0 Å². The van der Waals surface area contributed by atoms with Gasteiger partial charge in [-0.05, 0) is 73.5 Å². The second kappa shape index (κ2) is 5.72. The van der Waals surface area contributed by atoms with E-state index in [0.717, 1.165) is 49.9 Å². The van der Waals surface area contributed by atoms with Crippen LogP contribution in [0.5, 0.6) is 0 Å². The Morgan fingerprint density at radius 1 is 1.16 bits per heavy atom. The molecule has 0 aromatic rings. The Labute approximate surface area is 152 Å². The molecule has 1 heterocycles. The fourth-order valence-electron chi connectivity index (χ4n) is 7.61. The molecule has 7 atom stereocenters. The zero-order valence-corrected chi connectivity index (χ0v) is 16.3. The summed E-state index contributed by atoms with van der Waals surface area (Å²) in [7, 11) is 2.03. The van der Waals surface area contributed by atoms with Crippen LogP contribution in [-0.4, -0.2) is 35.8 Å². The van der Waals surface area contributed by atoms with Crippen LogP contribution in [0.4, 0.5) is 0 Å². The maximum atomic E-state index is 12.2. The molecule has 140 valence electrons. The molecule has 0 radical (unpaired) electrons. The van der Waals surface area contributed by atoms with E-state index in [9.17, 15) is 9.59 Å². The topological polar surface area (TPSA) is 49.4 Å². The van der Waals surface area contributed by atoms with Gasteiger partial charge in [-0.1, -0.05) is 13.8 Å². The molecule has 4 aliphatic rings. The van der Waals surface area contributed by atoms with Crippen molar-refractivity contribution in [3.63, 3.8) is 0 Å². The maximum Gasteiger partial charge on any atom is 0.222 e. The van der Waals surface area contributed by atoms with Crippen LogP contribution >= 0.6 is 0 Å². The minimum atomic E-state index is 0.117. The van der Waals surface area contributed by atoms with E-state index < -0.39 is 0 Å². The standard InChI is InChI=1S/C21H34N2O2/c1-13(24)22-14-11-17-15-5-6-18-21(3,10-8-19(25)23(18)4)16(15)7-9-20(17,2)12-14/h14-18H,5-12H2,1-4H3,(H,22,24)/t14?,15?,16?,17?,18?,20-,21-/m1/s1. The smallest absolute Gasteiger partial charge is 0.222 e. The number of hydrogen-bond donors (Lipinski definition) is 1. The van der Waals surface area contributed by atoms with Gasteiger partial charge in [-0.25, -0.2) is 0 Å². The number of nitrogens with zero attached hydrogens (tertiary/aromatic N) is 1. The van der Waals surface area contributed by atoms with Crippen LogP contribution in [0.3, 0.4) is 0 Å². The molecule has 4 nitrogen and oxygen atoms in total. The van der Waals surface area contributed by atoms with Crippen molar-refractivity contribution >= 4 is 11.8 Å². The quantitative estimate of drug-likeness (QED) is 0.791. The third kappa shape index (κ3) is 2.54. The number of rotatable bonds is 1. The van der Waals surface area contributed by atoms with Crippen molar-refractivity contribution in [2.75, 3.05) is 7.05 Å². The Hall–Kier alpha value is -1.06. The first-order valence-corrected chi connectivity index (χ1v) is 10.3. The van der Waals surface area contributed by atoms with E-state index in [2.05, 4.69) is 24.1 Å². The second-order valence-corrected chi connectivity index (χ2v) is 10.0. The predicted octanol–water partition coefficient (Wildman–Crippen LogP) is 3.35. The number of piperidine rings is 1. The minimum absolute atomic E-state index is 0.117. The van der Waals surface area contributed by atoms with Gasteiger partial charge in [-0.3, -0.25) is 9.59 Å². The summed E-state index contributed by atoms with van der Waals surface area (Å²) < 4.78 is 0. The Kier molecular flexibility index (Phi) is 3.97. The average molecular weight is 347 g/mol. The Morgan fingerprint density at radius 2 is 1.92 bits per heavy atom. The number of likely N-dealkylation sites (tertiary alicyclic amines) is 1. The van der Waals surface area contributed by atoms with Crippen LogP contribution in [-0.2, 0) is 9.59 Å². The van der Waals surface area contributed by atoms with Crippen LogP contribution in [0.1, 0.15) is 72.1 Å². The zero-order valence-electron chi connectivity index (χ0n) is 16.3. The molecule has 25 heavy (non-hydrogen) atoms. The van der Waals surface area contributed by atoms with E-state index in [-0.39, 0.29) is 5.91 Å². The SMILES string of the molecule is CC(=O)NC1CC2C3CCC4N(C)C(=O)CC[C@]4(C)C3CC[C@]2(C)C1. The van der Waals surface area contributed by atoms with Gasteiger partial charge in [0.1, 0.15) is 0 Å². The van der Waals surface area contributed by atoms with Crippen molar-refractivity contribution in [3.05, 3.63) is 0 Å². The highest BCUT2D eigenvalue weighted by atomic mass is 16.2. The van der Waals surface area contributed by atoms with Crippen molar-refractivity contribution in [2.24, 2.45) is 28.6 Å². The molecule has 3 aliphatic carbocycles. The second-order valence-electron chi connectivity index (χ2n) is 10.0. The molecule has 4 heteroatoms. The number of carbonyl (C=O) groups excluding carboxylic acids is 2. The summed E-state index contributed by atoms with van der Waals surface area (Å²) >= 11 is 0. The molecule has 1 saturated heterocycles. The van der Waals surface area contributed by atoms with Gasteiger partial charge in [-0.2, -0.15) is 0 Å². The fraction of sp³-hybridized carbons (Fsp3) is 0.905. The van der Waals surface area contributed by atoms with Crippen molar-refractivity contribution in [1.29, 1.82) is 0 Å². The predicted molar refractivity (Wildman–Crippen MR) is 97.8 cm³/mol. The molecule has 4 fully saturated rings. The van der Waals surface area contributed by atoms with E-state index in [4.69, 9.17) is 0 Å². The van der Waals surface area contributed by atoms with Gasteiger partial charge in [0, 0.05) is 32.5 Å². The molecule has 0 aromatic heterocycles. The van der Waals surface area contributed by atoms with Gasteiger partial charge in [0.25, 0.3) is 0 Å². The number of fused-ring (bicyclic) bond motifs is 5. The summed E-state index contributed by atoms with van der Waals surface area (Å²) in [5, 5.41) is 3.21. The lowest BCUT2D eigenvalue weighted by Gasteiger charge is -2.61. The fourth-order valence-corrected chi connectivity index (χ4v) is 7.61. The molecule has 3 saturated carbocycles. The lowest BCUT2D eigenvalue weighted by molar-refractivity contribution is -0.156.